The van der Waals surface area contributed by atoms with Gasteiger partial charge >= 0.3 is 0 Å². The van der Waals surface area contributed by atoms with Crippen LogP contribution in [0.15, 0.2) is 10.5 Å². The van der Waals surface area contributed by atoms with Crippen LogP contribution in [0.5, 0.6) is 0 Å². The normalized spacial score (nSPS) is 8.80. The van der Waals surface area contributed by atoms with E-state index in [1.807, 2.05) is 5.38 Å². The van der Waals surface area contributed by atoms with Crippen molar-refractivity contribution in [1.82, 2.24) is 9.59 Å². The minimum atomic E-state index is 0.460. The van der Waals surface area contributed by atoms with Crippen molar-refractivity contribution in [2.45, 2.75) is 6.42 Å². The fourth-order valence-corrected chi connectivity index (χ4v) is 0.988. The molecule has 0 atom stereocenters. The lowest BCUT2D eigenvalue weighted by Gasteiger charge is -1.83. The van der Waals surface area contributed by atoms with E-state index in [9.17, 15) is 0 Å². The van der Waals surface area contributed by atoms with Gasteiger partial charge in [0.2, 0.25) is 0 Å². The zero-order chi connectivity index (χ0) is 7.23. The third-order valence-electron chi connectivity index (χ3n) is 0.936. The topological polar surface area (TPSA) is 74.5 Å². The molecule has 0 bridgehead atoms. The first-order chi connectivity index (χ1) is 4.93. The molecular weight excluding hydrogens is 150 g/mol. The summed E-state index contributed by atoms with van der Waals surface area (Å²) in [6.45, 7) is 0.460. The minimum Gasteiger partial charge on any atom is -0.143 e. The van der Waals surface area contributed by atoms with Gasteiger partial charge in [0, 0.05) is 16.8 Å². The highest BCUT2D eigenvalue weighted by Crippen LogP contribution is 1.97. The van der Waals surface area contributed by atoms with E-state index in [2.05, 4.69) is 19.6 Å². The van der Waals surface area contributed by atoms with E-state index in [4.69, 9.17) is 5.53 Å². The van der Waals surface area contributed by atoms with Crippen molar-refractivity contribution in [3.63, 3.8) is 0 Å². The van der Waals surface area contributed by atoms with Crippen LogP contribution in [0.3, 0.4) is 0 Å². The molecule has 5 nitrogen and oxygen atoms in total. The highest BCUT2D eigenvalue weighted by atomic mass is 32.1. The Kier molecular flexibility index (Phi) is 2.66. The molecule has 10 heavy (non-hydrogen) atoms. The summed E-state index contributed by atoms with van der Waals surface area (Å²) in [7, 11) is 0. The van der Waals surface area contributed by atoms with E-state index in [0.29, 0.717) is 13.0 Å². The summed E-state index contributed by atoms with van der Waals surface area (Å²) in [6, 6.07) is 0. The van der Waals surface area contributed by atoms with E-state index < -0.39 is 0 Å². The zero-order valence-corrected chi connectivity index (χ0v) is 5.95. The first kappa shape index (κ1) is 6.98. The summed E-state index contributed by atoms with van der Waals surface area (Å²) in [5, 5.41) is 8.98. The fourth-order valence-electron chi connectivity index (χ4n) is 0.502. The maximum absolute atomic E-state index is 7.92. The number of hydrogen-bond donors (Lipinski definition) is 0. The second kappa shape index (κ2) is 3.81. The van der Waals surface area contributed by atoms with Crippen LogP contribution in [-0.4, -0.2) is 16.1 Å². The van der Waals surface area contributed by atoms with Crippen molar-refractivity contribution in [3.05, 3.63) is 21.5 Å². The second-order valence-electron chi connectivity index (χ2n) is 1.60. The summed E-state index contributed by atoms with van der Waals surface area (Å²) in [5.74, 6) is 0. The van der Waals surface area contributed by atoms with Gasteiger partial charge < -0.3 is 0 Å². The lowest BCUT2D eigenvalue weighted by Crippen LogP contribution is -1.87. The summed E-state index contributed by atoms with van der Waals surface area (Å²) < 4.78 is 3.66. The largest absolute Gasteiger partial charge is 0.143 e. The molecule has 0 radical (unpaired) electrons. The molecule has 0 amide bonds. The zero-order valence-electron chi connectivity index (χ0n) is 5.14. The number of nitrogens with zero attached hydrogens (tertiary/aromatic N) is 5. The van der Waals surface area contributed by atoms with Crippen molar-refractivity contribution in [2.24, 2.45) is 5.11 Å². The van der Waals surface area contributed by atoms with Crippen molar-refractivity contribution in [1.29, 1.82) is 0 Å². The summed E-state index contributed by atoms with van der Waals surface area (Å²) in [5.41, 5.74) is 8.81. The molecule has 0 aromatic carbocycles. The first-order valence-corrected chi connectivity index (χ1v) is 3.54. The molecule has 52 valence electrons. The number of azide groups is 1. The molecule has 0 fully saturated rings. The van der Waals surface area contributed by atoms with E-state index >= 15 is 0 Å². The van der Waals surface area contributed by atoms with Crippen LogP contribution < -0.4 is 0 Å². The first-order valence-electron chi connectivity index (χ1n) is 2.70. The van der Waals surface area contributed by atoms with Gasteiger partial charge in [-0.25, -0.2) is 0 Å². The van der Waals surface area contributed by atoms with Crippen molar-refractivity contribution in [2.75, 3.05) is 6.54 Å². The monoisotopic (exact) mass is 155 g/mol. The van der Waals surface area contributed by atoms with Crippen LogP contribution >= 0.6 is 11.5 Å². The van der Waals surface area contributed by atoms with Gasteiger partial charge in [-0.15, -0.1) is 5.10 Å². The van der Waals surface area contributed by atoms with Crippen molar-refractivity contribution >= 4 is 11.5 Å². The Balaban J connectivity index is 2.34. The molecule has 0 N–H and O–H groups in total. The molecule has 1 aromatic rings. The van der Waals surface area contributed by atoms with Gasteiger partial charge in [0.1, 0.15) is 0 Å². The van der Waals surface area contributed by atoms with Gasteiger partial charge in [-0.3, -0.25) is 0 Å². The van der Waals surface area contributed by atoms with Crippen LogP contribution in [0.2, 0.25) is 0 Å². The maximum Gasteiger partial charge on any atom is 0.0756 e. The van der Waals surface area contributed by atoms with E-state index in [0.717, 1.165) is 5.69 Å². The summed E-state index contributed by atoms with van der Waals surface area (Å²) in [6.07, 6.45) is 0.681. The molecule has 1 heterocycles. The van der Waals surface area contributed by atoms with Gasteiger partial charge in [0.15, 0.2) is 0 Å². The van der Waals surface area contributed by atoms with Crippen LogP contribution in [0, 0.1) is 0 Å². The third-order valence-corrected chi connectivity index (χ3v) is 1.49. The second-order valence-corrected chi connectivity index (χ2v) is 2.21. The maximum atomic E-state index is 7.92. The smallest absolute Gasteiger partial charge is 0.0756 e. The lowest BCUT2D eigenvalue weighted by molar-refractivity contribution is 0.899. The molecule has 0 aliphatic heterocycles. The summed E-state index contributed by atoms with van der Waals surface area (Å²) in [4.78, 5) is 2.62. The Morgan fingerprint density at radius 1 is 1.80 bits per heavy atom. The van der Waals surface area contributed by atoms with Gasteiger partial charge in [-0.05, 0) is 23.5 Å². The molecule has 6 heteroatoms. The molecule has 0 aliphatic rings. The standard InChI is InChI=1S/C4H5N5S/c5-8-6-2-1-4-3-10-9-7-4/h3H,1-2H2. The highest BCUT2D eigenvalue weighted by molar-refractivity contribution is 7.03. The molecule has 1 aromatic heterocycles. The lowest BCUT2D eigenvalue weighted by atomic mass is 10.3. The van der Waals surface area contributed by atoms with E-state index in [1.165, 1.54) is 11.5 Å². The fraction of sp³-hybridized carbons (Fsp3) is 0.500. The Morgan fingerprint density at radius 2 is 2.70 bits per heavy atom. The average molecular weight is 155 g/mol. The molecule has 0 unspecified atom stereocenters. The number of hydrogen-bond acceptors (Lipinski definition) is 4. The molecule has 0 spiro atoms. The molecular formula is C4H5N5S. The van der Waals surface area contributed by atoms with Crippen molar-refractivity contribution < 1.29 is 0 Å². The predicted molar refractivity (Wildman–Crippen MR) is 37.6 cm³/mol. The number of rotatable bonds is 3. The SMILES string of the molecule is [N-]=[N+]=NCCc1csnn1. The van der Waals surface area contributed by atoms with E-state index in [1.54, 1.807) is 0 Å². The van der Waals surface area contributed by atoms with Gasteiger partial charge in [0.25, 0.3) is 0 Å². The van der Waals surface area contributed by atoms with Gasteiger partial charge in [0.05, 0.1) is 5.69 Å². The average Bonchev–Trinajstić information content (AvgIpc) is 2.41. The van der Waals surface area contributed by atoms with Gasteiger partial charge in [-0.1, -0.05) is 9.60 Å². The van der Waals surface area contributed by atoms with Crippen LogP contribution in [0.4, 0.5) is 0 Å². The van der Waals surface area contributed by atoms with Crippen molar-refractivity contribution in [3.8, 4) is 0 Å². The molecule has 0 aliphatic carbocycles. The quantitative estimate of drug-likeness (QED) is 0.375. The molecule has 1 rings (SSSR count). The van der Waals surface area contributed by atoms with E-state index in [-0.39, 0.29) is 0 Å². The molecule has 0 saturated heterocycles. The van der Waals surface area contributed by atoms with Crippen LogP contribution in [-0.2, 0) is 6.42 Å². The summed E-state index contributed by atoms with van der Waals surface area (Å²) >= 11 is 1.30. The van der Waals surface area contributed by atoms with Crippen LogP contribution in [0.1, 0.15) is 5.69 Å². The minimum absolute atomic E-state index is 0.460. The van der Waals surface area contributed by atoms with Crippen LogP contribution in [0.25, 0.3) is 10.4 Å². The van der Waals surface area contributed by atoms with Gasteiger partial charge in [-0.2, -0.15) is 0 Å². The molecule has 0 saturated carbocycles. The highest BCUT2D eigenvalue weighted by Gasteiger charge is 1.92. The Labute approximate surface area is 61.5 Å². The predicted octanol–water partition coefficient (Wildman–Crippen LogP) is 1.39. The Hall–Kier alpha value is -1.13. The third kappa shape index (κ3) is 2.00. The number of aromatic nitrogens is 2. The Morgan fingerprint density at radius 3 is 3.30 bits per heavy atom. The Bertz CT molecular complexity index is 224.